The summed E-state index contributed by atoms with van der Waals surface area (Å²) in [5.41, 5.74) is 10.5. The third-order valence-electron chi connectivity index (χ3n) is 3.38. The van der Waals surface area contributed by atoms with Gasteiger partial charge in [0, 0.05) is 5.56 Å². The fourth-order valence-electron chi connectivity index (χ4n) is 2.46. The van der Waals surface area contributed by atoms with Gasteiger partial charge in [-0.25, -0.2) is 4.68 Å². The van der Waals surface area contributed by atoms with E-state index in [1.165, 1.54) is 5.57 Å². The summed E-state index contributed by atoms with van der Waals surface area (Å²) in [5.74, 6) is 0.705. The lowest BCUT2D eigenvalue weighted by atomic mass is 10.0. The molecule has 1 aromatic heterocycles. The first-order valence-corrected chi connectivity index (χ1v) is 6.45. The molecule has 0 bridgehead atoms. The molecule has 0 fully saturated rings. The van der Waals surface area contributed by atoms with Gasteiger partial charge in [0.15, 0.2) is 0 Å². The van der Waals surface area contributed by atoms with Crippen molar-refractivity contribution in [3.8, 4) is 5.69 Å². The Morgan fingerprint density at radius 2 is 2.05 bits per heavy atom. The molecule has 0 saturated carbocycles. The fraction of sp³-hybridized carbons (Fsp3) is 0.267. The lowest BCUT2D eigenvalue weighted by molar-refractivity contribution is 0.161. The smallest absolute Gasteiger partial charge is 0.135 e. The number of aryl methyl sites for hydroxylation is 1. The number of aromatic nitrogens is 2. The number of nitrogens with zero attached hydrogens (tertiary/aromatic N) is 2. The van der Waals surface area contributed by atoms with Gasteiger partial charge in [-0.3, -0.25) is 0 Å². The number of ether oxygens (including phenoxy) is 1. The quantitative estimate of drug-likeness (QED) is 0.897. The van der Waals surface area contributed by atoms with E-state index >= 15 is 0 Å². The van der Waals surface area contributed by atoms with Gasteiger partial charge in [-0.15, -0.1) is 0 Å². The monoisotopic (exact) mass is 255 g/mol. The number of para-hydroxylation sites is 1. The van der Waals surface area contributed by atoms with Crippen LogP contribution >= 0.6 is 0 Å². The van der Waals surface area contributed by atoms with Crippen LogP contribution in [-0.2, 0) is 4.74 Å². The average molecular weight is 255 g/mol. The fourth-order valence-corrected chi connectivity index (χ4v) is 2.46. The number of nitrogen functional groups attached to an aromatic ring is 1. The van der Waals surface area contributed by atoms with E-state index in [0.29, 0.717) is 12.4 Å². The van der Waals surface area contributed by atoms with E-state index in [-0.39, 0.29) is 0 Å². The molecule has 2 heterocycles. The lowest BCUT2D eigenvalue weighted by Crippen LogP contribution is -2.06. The highest BCUT2D eigenvalue weighted by molar-refractivity contribution is 5.76. The highest BCUT2D eigenvalue weighted by Crippen LogP contribution is 2.30. The summed E-state index contributed by atoms with van der Waals surface area (Å²) >= 11 is 0. The first-order valence-electron chi connectivity index (χ1n) is 6.45. The van der Waals surface area contributed by atoms with Crippen molar-refractivity contribution in [2.45, 2.75) is 13.3 Å². The molecule has 0 aliphatic carbocycles. The third kappa shape index (κ3) is 2.15. The summed E-state index contributed by atoms with van der Waals surface area (Å²) in [6, 6.07) is 9.96. The predicted octanol–water partition coefficient (Wildman–Crippen LogP) is 2.57. The zero-order chi connectivity index (χ0) is 13.2. The molecule has 3 rings (SSSR count). The zero-order valence-electron chi connectivity index (χ0n) is 11.0. The largest absolute Gasteiger partial charge is 0.383 e. The standard InChI is InChI=1S/C15H17N3O/c1-11-14(12-7-9-19-10-8-12)15(16)18(17-11)13-5-3-2-4-6-13/h2-7H,8-10,16H2,1H3. The minimum absolute atomic E-state index is 0.657. The van der Waals surface area contributed by atoms with Crippen molar-refractivity contribution in [2.75, 3.05) is 18.9 Å². The van der Waals surface area contributed by atoms with Gasteiger partial charge in [-0.05, 0) is 31.1 Å². The Morgan fingerprint density at radius 3 is 2.74 bits per heavy atom. The van der Waals surface area contributed by atoms with Crippen molar-refractivity contribution in [3.05, 3.63) is 47.7 Å². The SMILES string of the molecule is Cc1nn(-c2ccccc2)c(N)c1C1=CCOCC1. The maximum absolute atomic E-state index is 6.29. The van der Waals surface area contributed by atoms with Crippen LogP contribution in [0.25, 0.3) is 11.3 Å². The maximum Gasteiger partial charge on any atom is 0.135 e. The number of hydrogen-bond acceptors (Lipinski definition) is 3. The van der Waals surface area contributed by atoms with E-state index in [0.717, 1.165) is 30.0 Å². The second-order valence-electron chi connectivity index (χ2n) is 4.65. The van der Waals surface area contributed by atoms with Crippen molar-refractivity contribution in [1.82, 2.24) is 9.78 Å². The van der Waals surface area contributed by atoms with E-state index in [1.807, 2.05) is 37.3 Å². The molecule has 19 heavy (non-hydrogen) atoms. The number of hydrogen-bond donors (Lipinski definition) is 1. The molecular formula is C15H17N3O. The molecule has 0 spiro atoms. The summed E-state index contributed by atoms with van der Waals surface area (Å²) in [4.78, 5) is 0. The number of rotatable bonds is 2. The van der Waals surface area contributed by atoms with Crippen molar-refractivity contribution in [3.63, 3.8) is 0 Å². The second-order valence-corrected chi connectivity index (χ2v) is 4.65. The van der Waals surface area contributed by atoms with Crippen LogP contribution in [0.5, 0.6) is 0 Å². The topological polar surface area (TPSA) is 53.1 Å². The van der Waals surface area contributed by atoms with E-state index in [4.69, 9.17) is 10.5 Å². The summed E-state index contributed by atoms with van der Waals surface area (Å²) < 4.78 is 7.15. The number of anilines is 1. The molecule has 4 nitrogen and oxygen atoms in total. The molecule has 98 valence electrons. The molecule has 2 N–H and O–H groups in total. The summed E-state index contributed by atoms with van der Waals surface area (Å²) in [7, 11) is 0. The minimum atomic E-state index is 0.657. The maximum atomic E-state index is 6.29. The van der Waals surface area contributed by atoms with E-state index in [2.05, 4.69) is 11.2 Å². The lowest BCUT2D eigenvalue weighted by Gasteiger charge is -2.13. The molecule has 0 atom stereocenters. The third-order valence-corrected chi connectivity index (χ3v) is 3.38. The normalized spacial score (nSPS) is 15.3. The van der Waals surface area contributed by atoms with E-state index in [9.17, 15) is 0 Å². The molecular weight excluding hydrogens is 238 g/mol. The molecule has 0 unspecified atom stereocenters. The van der Waals surface area contributed by atoms with Gasteiger partial charge in [-0.1, -0.05) is 24.3 Å². The first-order chi connectivity index (χ1) is 9.27. The summed E-state index contributed by atoms with van der Waals surface area (Å²) in [6.07, 6.45) is 2.99. The summed E-state index contributed by atoms with van der Waals surface area (Å²) in [6.45, 7) is 3.41. The van der Waals surface area contributed by atoms with Gasteiger partial charge < -0.3 is 10.5 Å². The molecule has 4 heteroatoms. The average Bonchev–Trinajstić information content (AvgIpc) is 2.76. The van der Waals surface area contributed by atoms with Crippen molar-refractivity contribution in [2.24, 2.45) is 0 Å². The second kappa shape index (κ2) is 4.90. The molecule has 1 aromatic carbocycles. The minimum Gasteiger partial charge on any atom is -0.383 e. The summed E-state index contributed by atoms with van der Waals surface area (Å²) in [5, 5.41) is 4.57. The Bertz CT molecular complexity index is 614. The molecule has 1 aliphatic rings. The number of nitrogens with two attached hydrogens (primary N) is 1. The molecule has 0 amide bonds. The first kappa shape index (κ1) is 12.0. The molecule has 0 saturated heterocycles. The highest BCUT2D eigenvalue weighted by atomic mass is 16.5. The van der Waals surface area contributed by atoms with Crippen LogP contribution in [0, 0.1) is 6.92 Å². The van der Waals surface area contributed by atoms with Crippen LogP contribution in [0.2, 0.25) is 0 Å². The Kier molecular flexibility index (Phi) is 3.09. The Balaban J connectivity index is 2.08. The number of benzene rings is 1. The van der Waals surface area contributed by atoms with Crippen LogP contribution in [0.3, 0.4) is 0 Å². The van der Waals surface area contributed by atoms with E-state index in [1.54, 1.807) is 4.68 Å². The van der Waals surface area contributed by atoms with Crippen molar-refractivity contribution >= 4 is 11.4 Å². The van der Waals surface area contributed by atoms with Gasteiger partial charge in [0.1, 0.15) is 5.82 Å². The van der Waals surface area contributed by atoms with Gasteiger partial charge in [0.25, 0.3) is 0 Å². The Labute approximate surface area is 112 Å². The van der Waals surface area contributed by atoms with Crippen LogP contribution in [-0.4, -0.2) is 23.0 Å². The van der Waals surface area contributed by atoms with Crippen LogP contribution in [0.1, 0.15) is 17.7 Å². The molecule has 2 aromatic rings. The van der Waals surface area contributed by atoms with Gasteiger partial charge in [-0.2, -0.15) is 5.10 Å². The van der Waals surface area contributed by atoms with Gasteiger partial charge in [0.2, 0.25) is 0 Å². The molecule has 1 aliphatic heterocycles. The van der Waals surface area contributed by atoms with Crippen molar-refractivity contribution in [1.29, 1.82) is 0 Å². The van der Waals surface area contributed by atoms with E-state index < -0.39 is 0 Å². The zero-order valence-corrected chi connectivity index (χ0v) is 11.0. The van der Waals surface area contributed by atoms with Crippen molar-refractivity contribution < 1.29 is 4.74 Å². The highest BCUT2D eigenvalue weighted by Gasteiger charge is 2.18. The van der Waals surface area contributed by atoms with Crippen LogP contribution < -0.4 is 5.73 Å². The Morgan fingerprint density at radius 1 is 1.26 bits per heavy atom. The van der Waals surface area contributed by atoms with Gasteiger partial charge >= 0.3 is 0 Å². The Hall–Kier alpha value is -2.07. The molecule has 0 radical (unpaired) electrons. The van der Waals surface area contributed by atoms with Crippen LogP contribution in [0.15, 0.2) is 36.4 Å². The van der Waals surface area contributed by atoms with Crippen LogP contribution in [0.4, 0.5) is 5.82 Å². The predicted molar refractivity (Wildman–Crippen MR) is 76.1 cm³/mol. The van der Waals surface area contributed by atoms with Gasteiger partial charge in [0.05, 0.1) is 24.6 Å².